The molecule has 0 aliphatic rings. The zero-order chi connectivity index (χ0) is 15.3. The van der Waals surface area contributed by atoms with Crippen LogP contribution in [-0.4, -0.2) is 24.1 Å². The molecule has 0 aliphatic heterocycles. The SMILES string of the molecule is CC(C)CN(CC(C)C)c1ccc(F)cc1C(N)=NO. The molecule has 1 aromatic carbocycles. The van der Waals surface area contributed by atoms with E-state index in [0.717, 1.165) is 18.8 Å². The van der Waals surface area contributed by atoms with Crippen molar-refractivity contribution in [3.63, 3.8) is 0 Å². The lowest BCUT2D eigenvalue weighted by molar-refractivity contribution is 0.318. The average Bonchev–Trinajstić information content (AvgIpc) is 2.35. The Balaban J connectivity index is 3.24. The molecule has 0 saturated carbocycles. The van der Waals surface area contributed by atoms with E-state index in [2.05, 4.69) is 37.8 Å². The summed E-state index contributed by atoms with van der Waals surface area (Å²) in [6.07, 6.45) is 0. The summed E-state index contributed by atoms with van der Waals surface area (Å²) in [6.45, 7) is 10.2. The molecule has 0 saturated heterocycles. The number of amidine groups is 1. The number of nitrogens with two attached hydrogens (primary N) is 1. The van der Waals surface area contributed by atoms with Gasteiger partial charge in [-0.1, -0.05) is 32.9 Å². The molecule has 0 aromatic heterocycles. The first-order valence-electron chi connectivity index (χ1n) is 6.87. The third kappa shape index (κ3) is 4.40. The number of oxime groups is 1. The Kier molecular flexibility index (Phi) is 5.80. The fraction of sp³-hybridized carbons (Fsp3) is 0.533. The second kappa shape index (κ2) is 7.12. The lowest BCUT2D eigenvalue weighted by Crippen LogP contribution is -2.33. The largest absolute Gasteiger partial charge is 0.409 e. The number of hydrogen-bond acceptors (Lipinski definition) is 3. The van der Waals surface area contributed by atoms with E-state index >= 15 is 0 Å². The number of anilines is 1. The Bertz CT molecular complexity index is 462. The normalized spacial score (nSPS) is 12.2. The van der Waals surface area contributed by atoms with Gasteiger partial charge in [0.25, 0.3) is 0 Å². The average molecular weight is 281 g/mol. The Labute approximate surface area is 120 Å². The van der Waals surface area contributed by atoms with E-state index in [1.807, 2.05) is 0 Å². The number of hydrogen-bond donors (Lipinski definition) is 2. The zero-order valence-corrected chi connectivity index (χ0v) is 12.6. The quantitative estimate of drug-likeness (QED) is 0.364. The van der Waals surface area contributed by atoms with Gasteiger partial charge in [0.05, 0.1) is 0 Å². The maximum atomic E-state index is 13.4. The van der Waals surface area contributed by atoms with Crippen LogP contribution in [0.1, 0.15) is 33.3 Å². The minimum absolute atomic E-state index is 0.0722. The summed E-state index contributed by atoms with van der Waals surface area (Å²) in [4.78, 5) is 2.15. The third-order valence-electron chi connectivity index (χ3n) is 2.85. The first kappa shape index (κ1) is 16.3. The summed E-state index contributed by atoms with van der Waals surface area (Å²) in [5, 5.41) is 11.9. The molecule has 3 N–H and O–H groups in total. The van der Waals surface area contributed by atoms with Gasteiger partial charge < -0.3 is 15.8 Å². The number of rotatable bonds is 6. The van der Waals surface area contributed by atoms with Crippen LogP contribution in [-0.2, 0) is 0 Å². The van der Waals surface area contributed by atoms with Crippen LogP contribution >= 0.6 is 0 Å². The van der Waals surface area contributed by atoms with Crippen LogP contribution in [0, 0.1) is 17.7 Å². The summed E-state index contributed by atoms with van der Waals surface area (Å²) in [6, 6.07) is 4.39. The third-order valence-corrected chi connectivity index (χ3v) is 2.85. The van der Waals surface area contributed by atoms with Gasteiger partial charge in [0.1, 0.15) is 5.82 Å². The smallest absolute Gasteiger partial charge is 0.172 e. The number of nitrogens with zero attached hydrogens (tertiary/aromatic N) is 2. The summed E-state index contributed by atoms with van der Waals surface area (Å²) >= 11 is 0. The Morgan fingerprint density at radius 3 is 2.25 bits per heavy atom. The minimum atomic E-state index is -0.399. The van der Waals surface area contributed by atoms with Crippen molar-refractivity contribution in [2.24, 2.45) is 22.7 Å². The predicted molar refractivity (Wildman–Crippen MR) is 80.8 cm³/mol. The highest BCUT2D eigenvalue weighted by Crippen LogP contribution is 2.24. The molecule has 0 spiro atoms. The van der Waals surface area contributed by atoms with Gasteiger partial charge in [-0.15, -0.1) is 0 Å². The molecule has 0 radical (unpaired) electrons. The summed E-state index contributed by atoms with van der Waals surface area (Å²) in [5.74, 6) is 0.444. The molecule has 5 heteroatoms. The van der Waals surface area contributed by atoms with Crippen LogP contribution in [0.25, 0.3) is 0 Å². The molecule has 112 valence electrons. The molecule has 0 atom stereocenters. The van der Waals surface area contributed by atoms with Crippen LogP contribution in [0.5, 0.6) is 0 Å². The van der Waals surface area contributed by atoms with Crippen molar-refractivity contribution in [1.29, 1.82) is 0 Å². The van der Waals surface area contributed by atoms with Crippen molar-refractivity contribution in [3.8, 4) is 0 Å². The van der Waals surface area contributed by atoms with Crippen LogP contribution in [0.3, 0.4) is 0 Å². The molecule has 1 aromatic rings. The molecular weight excluding hydrogens is 257 g/mol. The first-order valence-corrected chi connectivity index (χ1v) is 6.87. The molecule has 0 aliphatic carbocycles. The van der Waals surface area contributed by atoms with Crippen LogP contribution in [0.2, 0.25) is 0 Å². The number of benzene rings is 1. The van der Waals surface area contributed by atoms with Crippen LogP contribution < -0.4 is 10.6 Å². The standard InChI is InChI=1S/C15H24FN3O/c1-10(2)8-19(9-11(3)4)14-6-5-12(16)7-13(14)15(17)18-20/h5-7,10-11,20H,8-9H2,1-4H3,(H2,17,18). The van der Waals surface area contributed by atoms with Crippen molar-refractivity contribution in [2.75, 3.05) is 18.0 Å². The molecule has 0 heterocycles. The molecule has 4 nitrogen and oxygen atoms in total. The van der Waals surface area contributed by atoms with Crippen molar-refractivity contribution >= 4 is 11.5 Å². The van der Waals surface area contributed by atoms with Crippen molar-refractivity contribution in [3.05, 3.63) is 29.6 Å². The van der Waals surface area contributed by atoms with Crippen molar-refractivity contribution in [2.45, 2.75) is 27.7 Å². The van der Waals surface area contributed by atoms with Crippen molar-refractivity contribution in [1.82, 2.24) is 0 Å². The first-order chi connectivity index (χ1) is 9.35. The fourth-order valence-electron chi connectivity index (χ4n) is 2.20. The van der Waals surface area contributed by atoms with E-state index < -0.39 is 5.82 Å². The number of halogens is 1. The van der Waals surface area contributed by atoms with Crippen LogP contribution in [0.15, 0.2) is 23.4 Å². The topological polar surface area (TPSA) is 61.8 Å². The molecule has 0 bridgehead atoms. The highest BCUT2D eigenvalue weighted by atomic mass is 19.1. The van der Waals surface area contributed by atoms with E-state index in [-0.39, 0.29) is 5.84 Å². The second-order valence-corrected chi connectivity index (χ2v) is 5.84. The zero-order valence-electron chi connectivity index (χ0n) is 12.6. The summed E-state index contributed by atoms with van der Waals surface area (Å²) in [5.41, 5.74) is 6.89. The molecular formula is C15H24FN3O. The van der Waals surface area contributed by atoms with E-state index in [1.54, 1.807) is 6.07 Å². The van der Waals surface area contributed by atoms with Gasteiger partial charge in [-0.05, 0) is 30.0 Å². The highest BCUT2D eigenvalue weighted by molar-refractivity contribution is 6.02. The molecule has 20 heavy (non-hydrogen) atoms. The van der Waals surface area contributed by atoms with E-state index in [4.69, 9.17) is 10.9 Å². The van der Waals surface area contributed by atoms with Gasteiger partial charge in [0.15, 0.2) is 5.84 Å². The highest BCUT2D eigenvalue weighted by Gasteiger charge is 2.17. The lowest BCUT2D eigenvalue weighted by atomic mass is 10.1. The minimum Gasteiger partial charge on any atom is -0.409 e. The molecule has 0 amide bonds. The van der Waals surface area contributed by atoms with Crippen molar-refractivity contribution < 1.29 is 9.60 Å². The van der Waals surface area contributed by atoms with Gasteiger partial charge in [0.2, 0.25) is 0 Å². The van der Waals surface area contributed by atoms with E-state index in [1.165, 1.54) is 12.1 Å². The summed E-state index contributed by atoms with van der Waals surface area (Å²) < 4.78 is 13.4. The molecule has 1 rings (SSSR count). The Morgan fingerprint density at radius 2 is 1.80 bits per heavy atom. The maximum Gasteiger partial charge on any atom is 0.172 e. The van der Waals surface area contributed by atoms with E-state index in [0.29, 0.717) is 17.4 Å². The Morgan fingerprint density at radius 1 is 1.25 bits per heavy atom. The predicted octanol–water partition coefficient (Wildman–Crippen LogP) is 3.04. The van der Waals surface area contributed by atoms with E-state index in [9.17, 15) is 4.39 Å². The fourth-order valence-corrected chi connectivity index (χ4v) is 2.20. The summed E-state index contributed by atoms with van der Waals surface area (Å²) in [7, 11) is 0. The van der Waals surface area contributed by atoms with Gasteiger partial charge in [-0.3, -0.25) is 0 Å². The van der Waals surface area contributed by atoms with Crippen LogP contribution in [0.4, 0.5) is 10.1 Å². The Hall–Kier alpha value is -1.78. The maximum absolute atomic E-state index is 13.4. The monoisotopic (exact) mass is 281 g/mol. The second-order valence-electron chi connectivity index (χ2n) is 5.84. The van der Waals surface area contributed by atoms with Gasteiger partial charge in [-0.2, -0.15) is 0 Å². The van der Waals surface area contributed by atoms with Gasteiger partial charge in [-0.25, -0.2) is 4.39 Å². The molecule has 0 fully saturated rings. The molecule has 0 unspecified atom stereocenters. The van der Waals surface area contributed by atoms with Gasteiger partial charge in [0, 0.05) is 24.3 Å². The van der Waals surface area contributed by atoms with Gasteiger partial charge >= 0.3 is 0 Å². The lowest BCUT2D eigenvalue weighted by Gasteiger charge is -2.30.